The average Bonchev–Trinajstić information content (AvgIpc) is 2.08. The maximum absolute atomic E-state index is 11.6. The Kier molecular flexibility index (Phi) is 7.40. The molecule has 1 atom stereocenters. The van der Waals surface area contributed by atoms with Crippen molar-refractivity contribution in [1.29, 1.82) is 0 Å². The lowest BCUT2D eigenvalue weighted by molar-refractivity contribution is -0.323. The number of hydrogen-bond donors (Lipinski definition) is 1. The van der Waals surface area contributed by atoms with Crippen molar-refractivity contribution in [2.45, 2.75) is 25.7 Å². The predicted octanol–water partition coefficient (Wildman–Crippen LogP) is 2.25. The largest absolute Gasteiger partial charge is 0.522 e. The summed E-state index contributed by atoms with van der Waals surface area (Å²) in [5, 5.41) is 3.00. The van der Waals surface area contributed by atoms with E-state index in [-0.39, 0.29) is 19.2 Å². The van der Waals surface area contributed by atoms with Crippen molar-refractivity contribution in [3.05, 3.63) is 0 Å². The quantitative estimate of drug-likeness (QED) is 0.679. The summed E-state index contributed by atoms with van der Waals surface area (Å²) in [4.78, 5) is 0. The fourth-order valence-electron chi connectivity index (χ4n) is 0.952. The van der Waals surface area contributed by atoms with Crippen LogP contribution in [0.5, 0.6) is 0 Å². The first-order chi connectivity index (χ1) is 6.49. The van der Waals surface area contributed by atoms with Crippen LogP contribution >= 0.6 is 11.8 Å². The van der Waals surface area contributed by atoms with Gasteiger partial charge in [-0.05, 0) is 12.7 Å². The second kappa shape index (κ2) is 7.36. The fourth-order valence-corrected chi connectivity index (χ4v) is 1.71. The van der Waals surface area contributed by atoms with Gasteiger partial charge >= 0.3 is 6.36 Å². The molecule has 6 heteroatoms. The standard InChI is InChI=1S/C8H16F3NOS/c1-3-7(6-14-2)12-4-5-13-8(9,10)11/h7,12H,3-6H2,1-2H3. The summed E-state index contributed by atoms with van der Waals surface area (Å²) in [6.45, 7) is 1.91. The van der Waals surface area contributed by atoms with Gasteiger partial charge < -0.3 is 5.32 Å². The highest BCUT2D eigenvalue weighted by atomic mass is 32.2. The van der Waals surface area contributed by atoms with E-state index in [4.69, 9.17) is 0 Å². The lowest BCUT2D eigenvalue weighted by Gasteiger charge is -2.15. The van der Waals surface area contributed by atoms with Gasteiger partial charge in [0.25, 0.3) is 0 Å². The van der Waals surface area contributed by atoms with Gasteiger partial charge in [-0.1, -0.05) is 6.92 Å². The van der Waals surface area contributed by atoms with E-state index in [1.54, 1.807) is 11.8 Å². The van der Waals surface area contributed by atoms with Crippen LogP contribution in [-0.2, 0) is 4.74 Å². The van der Waals surface area contributed by atoms with E-state index < -0.39 is 6.36 Å². The molecule has 0 aromatic carbocycles. The minimum atomic E-state index is -4.51. The molecule has 2 nitrogen and oxygen atoms in total. The summed E-state index contributed by atoms with van der Waals surface area (Å²) in [7, 11) is 0. The third-order valence-electron chi connectivity index (χ3n) is 1.66. The summed E-state index contributed by atoms with van der Waals surface area (Å²) in [6.07, 6.45) is -1.63. The molecule has 0 aromatic rings. The van der Waals surface area contributed by atoms with Crippen molar-refractivity contribution in [2.75, 3.05) is 25.2 Å². The van der Waals surface area contributed by atoms with Gasteiger partial charge in [-0.2, -0.15) is 11.8 Å². The van der Waals surface area contributed by atoms with Gasteiger partial charge in [-0.3, -0.25) is 4.74 Å². The zero-order chi connectivity index (χ0) is 11.0. The Morgan fingerprint density at radius 2 is 2.07 bits per heavy atom. The third kappa shape index (κ3) is 8.65. The lowest BCUT2D eigenvalue weighted by Crippen LogP contribution is -2.34. The monoisotopic (exact) mass is 231 g/mol. The Labute approximate surface area is 86.6 Å². The summed E-state index contributed by atoms with van der Waals surface area (Å²) >= 11 is 1.67. The molecule has 0 aliphatic carbocycles. The minimum absolute atomic E-state index is 0.235. The van der Waals surface area contributed by atoms with Crippen LogP contribution in [0.1, 0.15) is 13.3 Å². The highest BCUT2D eigenvalue weighted by Crippen LogP contribution is 2.15. The van der Waals surface area contributed by atoms with Crippen LogP contribution in [0.25, 0.3) is 0 Å². The van der Waals surface area contributed by atoms with Crippen LogP contribution in [0.15, 0.2) is 0 Å². The van der Waals surface area contributed by atoms with Crippen molar-refractivity contribution >= 4 is 11.8 Å². The molecule has 0 rings (SSSR count). The van der Waals surface area contributed by atoms with Gasteiger partial charge in [0.2, 0.25) is 0 Å². The van der Waals surface area contributed by atoms with Gasteiger partial charge in [0, 0.05) is 18.3 Å². The maximum Gasteiger partial charge on any atom is 0.522 e. The van der Waals surface area contributed by atoms with Gasteiger partial charge in [-0.15, -0.1) is 13.2 Å². The topological polar surface area (TPSA) is 21.3 Å². The lowest BCUT2D eigenvalue weighted by atomic mass is 10.2. The van der Waals surface area contributed by atoms with Crippen molar-refractivity contribution in [2.24, 2.45) is 0 Å². The molecule has 0 fully saturated rings. The van der Waals surface area contributed by atoms with Crippen LogP contribution in [-0.4, -0.2) is 37.6 Å². The van der Waals surface area contributed by atoms with Gasteiger partial charge in [0.1, 0.15) is 0 Å². The Bertz CT molecular complexity index is 143. The highest BCUT2D eigenvalue weighted by molar-refractivity contribution is 7.98. The van der Waals surface area contributed by atoms with E-state index in [0.29, 0.717) is 0 Å². The molecule has 0 aliphatic heterocycles. The van der Waals surface area contributed by atoms with Gasteiger partial charge in [0.15, 0.2) is 0 Å². The van der Waals surface area contributed by atoms with E-state index in [2.05, 4.69) is 10.1 Å². The normalized spacial score (nSPS) is 14.4. The van der Waals surface area contributed by atoms with E-state index in [0.717, 1.165) is 12.2 Å². The Morgan fingerprint density at radius 1 is 1.43 bits per heavy atom. The second-order valence-corrected chi connectivity index (χ2v) is 3.72. The molecule has 0 bridgehead atoms. The van der Waals surface area contributed by atoms with E-state index in [9.17, 15) is 13.2 Å². The van der Waals surface area contributed by atoms with E-state index in [1.807, 2.05) is 13.2 Å². The van der Waals surface area contributed by atoms with Crippen molar-refractivity contribution in [1.82, 2.24) is 5.32 Å². The molecule has 0 radical (unpaired) electrons. The summed E-state index contributed by atoms with van der Waals surface area (Å²) in [5.41, 5.74) is 0. The molecular weight excluding hydrogens is 215 g/mol. The van der Waals surface area contributed by atoms with Gasteiger partial charge in [-0.25, -0.2) is 0 Å². The highest BCUT2D eigenvalue weighted by Gasteiger charge is 2.28. The number of halogens is 3. The number of hydrogen-bond acceptors (Lipinski definition) is 3. The molecule has 0 heterocycles. The maximum atomic E-state index is 11.6. The number of ether oxygens (including phenoxy) is 1. The van der Waals surface area contributed by atoms with Crippen LogP contribution in [0, 0.1) is 0 Å². The summed E-state index contributed by atoms with van der Waals surface area (Å²) in [6, 6.07) is 0.266. The number of nitrogens with one attached hydrogen (secondary N) is 1. The predicted molar refractivity (Wildman–Crippen MR) is 52.5 cm³/mol. The fraction of sp³-hybridized carbons (Fsp3) is 1.00. The van der Waals surface area contributed by atoms with Crippen LogP contribution in [0.2, 0.25) is 0 Å². The van der Waals surface area contributed by atoms with E-state index in [1.165, 1.54) is 0 Å². The zero-order valence-electron chi connectivity index (χ0n) is 8.36. The molecule has 0 saturated heterocycles. The van der Waals surface area contributed by atoms with Crippen LogP contribution < -0.4 is 5.32 Å². The number of thioether (sulfide) groups is 1. The molecule has 0 spiro atoms. The first-order valence-corrected chi connectivity index (χ1v) is 5.82. The Balaban J connectivity index is 3.42. The zero-order valence-corrected chi connectivity index (χ0v) is 9.17. The van der Waals surface area contributed by atoms with Crippen LogP contribution in [0.4, 0.5) is 13.2 Å². The molecule has 0 saturated carbocycles. The smallest absolute Gasteiger partial charge is 0.311 e. The molecule has 0 aliphatic rings. The number of rotatable bonds is 7. The number of alkyl halides is 3. The minimum Gasteiger partial charge on any atom is -0.311 e. The molecule has 86 valence electrons. The first-order valence-electron chi connectivity index (χ1n) is 4.42. The van der Waals surface area contributed by atoms with Crippen LogP contribution in [0.3, 0.4) is 0 Å². The molecule has 14 heavy (non-hydrogen) atoms. The van der Waals surface area contributed by atoms with Crippen molar-refractivity contribution in [3.63, 3.8) is 0 Å². The molecule has 1 N–H and O–H groups in total. The first kappa shape index (κ1) is 14.1. The summed E-state index contributed by atoms with van der Waals surface area (Å²) < 4.78 is 38.3. The molecule has 0 aromatic heterocycles. The van der Waals surface area contributed by atoms with Crippen molar-refractivity contribution in [3.8, 4) is 0 Å². The van der Waals surface area contributed by atoms with Gasteiger partial charge in [0.05, 0.1) is 6.61 Å². The SMILES string of the molecule is CCC(CSC)NCCOC(F)(F)F. The Hall–Kier alpha value is 0.0600. The third-order valence-corrected chi connectivity index (χ3v) is 2.40. The average molecular weight is 231 g/mol. The van der Waals surface area contributed by atoms with Crippen molar-refractivity contribution < 1.29 is 17.9 Å². The summed E-state index contributed by atoms with van der Waals surface area (Å²) in [5.74, 6) is 0.905. The second-order valence-electron chi connectivity index (χ2n) is 2.81. The molecule has 0 amide bonds. The Morgan fingerprint density at radius 3 is 2.50 bits per heavy atom. The molecular formula is C8H16F3NOS. The molecule has 1 unspecified atom stereocenters. The van der Waals surface area contributed by atoms with E-state index >= 15 is 0 Å².